The van der Waals surface area contributed by atoms with Crippen molar-refractivity contribution in [1.82, 2.24) is 15.2 Å². The molecule has 5 aromatic carbocycles. The van der Waals surface area contributed by atoms with Gasteiger partial charge in [0.25, 0.3) is 5.91 Å². The molecule has 1 aromatic heterocycles. The van der Waals surface area contributed by atoms with Gasteiger partial charge in [-0.2, -0.15) is 10.2 Å². The predicted molar refractivity (Wildman–Crippen MR) is 155 cm³/mol. The van der Waals surface area contributed by atoms with E-state index in [9.17, 15) is 9.90 Å². The number of aromatic hydroxyl groups is 1. The van der Waals surface area contributed by atoms with Gasteiger partial charge in [-0.15, -0.1) is 0 Å². The Bertz CT molecular complexity index is 1790. The highest BCUT2D eigenvalue weighted by Gasteiger charge is 2.17. The molecule has 0 bridgehead atoms. The summed E-state index contributed by atoms with van der Waals surface area (Å²) in [6.45, 7) is 0. The Labute approximate surface area is 225 Å². The lowest BCUT2D eigenvalue weighted by molar-refractivity contribution is 0.0949. The quantitative estimate of drug-likeness (QED) is 0.191. The van der Waals surface area contributed by atoms with Crippen LogP contribution in [0.15, 0.2) is 132 Å². The molecule has 0 aliphatic rings. The molecule has 1 amide bonds. The molecular weight excluding hydrogens is 484 g/mol. The van der Waals surface area contributed by atoms with E-state index < -0.39 is 5.91 Å². The number of carbonyl (C=O) groups excluding carboxylic acids is 1. The van der Waals surface area contributed by atoms with Gasteiger partial charge in [0.1, 0.15) is 5.75 Å². The minimum atomic E-state index is -0.456. The molecule has 0 aliphatic carbocycles. The molecule has 0 fully saturated rings. The minimum absolute atomic E-state index is 0.0845. The molecule has 188 valence electrons. The first-order valence-corrected chi connectivity index (χ1v) is 12.5. The van der Waals surface area contributed by atoms with E-state index in [2.05, 4.69) is 39.9 Å². The number of nitrogens with zero attached hydrogens (tertiary/aromatic N) is 3. The number of aromatic nitrogens is 2. The molecule has 2 N–H and O–H groups in total. The number of phenols is 1. The van der Waals surface area contributed by atoms with E-state index >= 15 is 0 Å². The Hall–Kier alpha value is -5.49. The average Bonchev–Trinajstić information content (AvgIpc) is 3.45. The number of carbonyl (C=O) groups is 1. The monoisotopic (exact) mass is 508 g/mol. The molecule has 0 radical (unpaired) electrons. The third kappa shape index (κ3) is 4.91. The summed E-state index contributed by atoms with van der Waals surface area (Å²) in [6, 6.07) is 40.9. The molecule has 39 heavy (non-hydrogen) atoms. The van der Waals surface area contributed by atoms with E-state index in [1.165, 1.54) is 6.21 Å². The number of nitrogens with one attached hydrogen (secondary N) is 1. The molecule has 6 nitrogen and oxygen atoms in total. The SMILES string of the molecule is O=C(N/N=C\c1c(O)ccc2ccccc12)c1cc(-c2ccc(-c3ccccc3)cc2)n(-c2ccccc2)n1. The maximum Gasteiger partial charge on any atom is 0.291 e. The Kier molecular flexibility index (Phi) is 6.41. The lowest BCUT2D eigenvalue weighted by Gasteiger charge is -2.08. The van der Waals surface area contributed by atoms with Crippen molar-refractivity contribution in [2.24, 2.45) is 5.10 Å². The Morgan fingerprint density at radius 1 is 0.744 bits per heavy atom. The summed E-state index contributed by atoms with van der Waals surface area (Å²) < 4.78 is 1.76. The van der Waals surface area contributed by atoms with Gasteiger partial charge in [-0.3, -0.25) is 4.79 Å². The second-order valence-electron chi connectivity index (χ2n) is 9.02. The van der Waals surface area contributed by atoms with Gasteiger partial charge in [0.2, 0.25) is 0 Å². The maximum atomic E-state index is 13.1. The fraction of sp³-hybridized carbons (Fsp3) is 0. The number of amides is 1. The van der Waals surface area contributed by atoms with E-state index in [0.29, 0.717) is 5.56 Å². The highest BCUT2D eigenvalue weighted by Crippen LogP contribution is 2.28. The van der Waals surface area contributed by atoms with Gasteiger partial charge in [0.05, 0.1) is 17.6 Å². The summed E-state index contributed by atoms with van der Waals surface area (Å²) in [4.78, 5) is 13.1. The molecule has 0 saturated heterocycles. The Morgan fingerprint density at radius 2 is 1.38 bits per heavy atom. The zero-order valence-electron chi connectivity index (χ0n) is 20.9. The highest BCUT2D eigenvalue weighted by molar-refractivity contribution is 6.03. The molecular formula is C33H24N4O2. The van der Waals surface area contributed by atoms with Crippen LogP contribution >= 0.6 is 0 Å². The number of benzene rings is 5. The lowest BCUT2D eigenvalue weighted by Crippen LogP contribution is -2.18. The van der Waals surface area contributed by atoms with Crippen molar-refractivity contribution in [3.8, 4) is 33.8 Å². The molecule has 1 heterocycles. The van der Waals surface area contributed by atoms with E-state index in [1.54, 1.807) is 16.8 Å². The van der Waals surface area contributed by atoms with Crippen LogP contribution in [0, 0.1) is 0 Å². The van der Waals surface area contributed by atoms with Crippen LogP contribution in [0.3, 0.4) is 0 Å². The number of phenolic OH excluding ortho intramolecular Hbond substituents is 1. The van der Waals surface area contributed by atoms with Crippen molar-refractivity contribution >= 4 is 22.9 Å². The van der Waals surface area contributed by atoms with Crippen LogP contribution in [0.25, 0.3) is 38.8 Å². The fourth-order valence-electron chi connectivity index (χ4n) is 4.56. The van der Waals surface area contributed by atoms with Crippen LogP contribution in [-0.4, -0.2) is 27.0 Å². The van der Waals surface area contributed by atoms with Crippen LogP contribution in [0.1, 0.15) is 16.1 Å². The first-order chi connectivity index (χ1) is 19.2. The molecule has 0 saturated carbocycles. The summed E-state index contributed by atoms with van der Waals surface area (Å²) in [6.07, 6.45) is 1.45. The summed E-state index contributed by atoms with van der Waals surface area (Å²) in [5, 5.41) is 20.9. The van der Waals surface area contributed by atoms with Gasteiger partial charge in [-0.25, -0.2) is 10.1 Å². The van der Waals surface area contributed by atoms with E-state index in [-0.39, 0.29) is 11.4 Å². The number of para-hydroxylation sites is 1. The molecule has 6 aromatic rings. The zero-order chi connectivity index (χ0) is 26.6. The van der Waals surface area contributed by atoms with Crippen molar-refractivity contribution in [1.29, 1.82) is 0 Å². The second kappa shape index (κ2) is 10.5. The topological polar surface area (TPSA) is 79.5 Å². The Balaban J connectivity index is 1.31. The van der Waals surface area contributed by atoms with Crippen LogP contribution in [0.2, 0.25) is 0 Å². The second-order valence-corrected chi connectivity index (χ2v) is 9.02. The van der Waals surface area contributed by atoms with Crippen molar-refractivity contribution in [3.63, 3.8) is 0 Å². The predicted octanol–water partition coefficient (Wildman–Crippen LogP) is 6.83. The van der Waals surface area contributed by atoms with E-state index in [0.717, 1.165) is 38.8 Å². The average molecular weight is 509 g/mol. The summed E-state index contributed by atoms with van der Waals surface area (Å²) in [5.74, 6) is -0.371. The minimum Gasteiger partial charge on any atom is -0.507 e. The standard InChI is InChI=1S/C33H24N4O2/c38-32-20-19-25-11-7-8-14-28(25)29(32)22-34-35-33(39)30-21-31(37(36-30)27-12-5-2-6-13-27)26-17-15-24(16-18-26)23-9-3-1-4-10-23/h1-22,38H,(H,35,39)/b34-22-. The van der Waals surface area contributed by atoms with Crippen molar-refractivity contribution in [3.05, 3.63) is 139 Å². The number of hydrogen-bond donors (Lipinski definition) is 2. The van der Waals surface area contributed by atoms with Gasteiger partial charge in [-0.05, 0) is 46.2 Å². The third-order valence-electron chi connectivity index (χ3n) is 6.54. The molecule has 0 spiro atoms. The lowest BCUT2D eigenvalue weighted by atomic mass is 10.0. The number of hydrazone groups is 1. The van der Waals surface area contributed by atoms with Crippen molar-refractivity contribution in [2.75, 3.05) is 0 Å². The molecule has 0 unspecified atom stereocenters. The van der Waals surface area contributed by atoms with Gasteiger partial charge in [0.15, 0.2) is 5.69 Å². The number of fused-ring (bicyclic) bond motifs is 1. The van der Waals surface area contributed by atoms with Crippen LogP contribution < -0.4 is 5.43 Å². The Morgan fingerprint density at radius 3 is 2.15 bits per heavy atom. The van der Waals surface area contributed by atoms with Gasteiger partial charge in [0, 0.05) is 11.1 Å². The van der Waals surface area contributed by atoms with Gasteiger partial charge >= 0.3 is 0 Å². The summed E-state index contributed by atoms with van der Waals surface area (Å²) >= 11 is 0. The van der Waals surface area contributed by atoms with Crippen molar-refractivity contribution in [2.45, 2.75) is 0 Å². The maximum absolute atomic E-state index is 13.1. The van der Waals surface area contributed by atoms with Crippen LogP contribution in [0.5, 0.6) is 5.75 Å². The normalized spacial score (nSPS) is 11.2. The first kappa shape index (κ1) is 23.9. The van der Waals surface area contributed by atoms with Gasteiger partial charge < -0.3 is 5.11 Å². The first-order valence-electron chi connectivity index (χ1n) is 12.5. The smallest absolute Gasteiger partial charge is 0.291 e. The van der Waals surface area contributed by atoms with Crippen molar-refractivity contribution < 1.29 is 9.90 Å². The molecule has 0 atom stereocenters. The van der Waals surface area contributed by atoms with Crippen LogP contribution in [-0.2, 0) is 0 Å². The zero-order valence-corrected chi connectivity index (χ0v) is 20.9. The summed E-state index contributed by atoms with van der Waals surface area (Å²) in [7, 11) is 0. The summed E-state index contributed by atoms with van der Waals surface area (Å²) in [5.41, 5.74) is 8.09. The number of rotatable bonds is 6. The molecule has 6 heteroatoms. The third-order valence-corrected chi connectivity index (χ3v) is 6.54. The van der Waals surface area contributed by atoms with Gasteiger partial charge in [-0.1, -0.05) is 103 Å². The van der Waals surface area contributed by atoms with E-state index in [4.69, 9.17) is 0 Å². The number of hydrogen-bond acceptors (Lipinski definition) is 4. The van der Waals surface area contributed by atoms with E-state index in [1.807, 2.05) is 91.0 Å². The largest absolute Gasteiger partial charge is 0.507 e. The van der Waals surface area contributed by atoms with Crippen LogP contribution in [0.4, 0.5) is 0 Å². The fourth-order valence-corrected chi connectivity index (χ4v) is 4.56. The molecule has 6 rings (SSSR count). The highest BCUT2D eigenvalue weighted by atomic mass is 16.3. The molecule has 0 aliphatic heterocycles.